The number of nitrogens with zero attached hydrogens (tertiary/aromatic N) is 4. The SMILES string of the molecule is Oc1cc(Cl)cc(CN2CCC(Cn3cncn3)CC2)c1. The number of hydrogen-bond donors (Lipinski definition) is 1. The van der Waals surface area contributed by atoms with Gasteiger partial charge in [0.15, 0.2) is 0 Å². The van der Waals surface area contributed by atoms with E-state index in [4.69, 9.17) is 11.6 Å². The molecule has 1 fully saturated rings. The Hall–Kier alpha value is -1.59. The van der Waals surface area contributed by atoms with E-state index in [1.807, 2.05) is 10.7 Å². The molecule has 0 spiro atoms. The largest absolute Gasteiger partial charge is 0.508 e. The van der Waals surface area contributed by atoms with Crippen LogP contribution in [0.3, 0.4) is 0 Å². The molecular formula is C15H19ClN4O. The van der Waals surface area contributed by atoms with Crippen LogP contribution in [0, 0.1) is 5.92 Å². The fourth-order valence-electron chi connectivity index (χ4n) is 2.90. The highest BCUT2D eigenvalue weighted by molar-refractivity contribution is 6.30. The van der Waals surface area contributed by atoms with Crippen LogP contribution in [0.5, 0.6) is 5.75 Å². The topological polar surface area (TPSA) is 54.2 Å². The van der Waals surface area contributed by atoms with E-state index < -0.39 is 0 Å². The first kappa shape index (κ1) is 14.4. The molecule has 0 unspecified atom stereocenters. The minimum atomic E-state index is 0.235. The van der Waals surface area contributed by atoms with E-state index in [1.54, 1.807) is 24.8 Å². The van der Waals surface area contributed by atoms with E-state index in [2.05, 4.69) is 15.0 Å². The first-order chi connectivity index (χ1) is 10.2. The highest BCUT2D eigenvalue weighted by atomic mass is 35.5. The Bertz CT molecular complexity index is 559. The van der Waals surface area contributed by atoms with Crippen molar-refractivity contribution in [2.24, 2.45) is 5.92 Å². The molecule has 3 rings (SSSR count). The van der Waals surface area contributed by atoms with E-state index >= 15 is 0 Å². The number of hydrogen-bond acceptors (Lipinski definition) is 4. The number of piperidine rings is 1. The maximum absolute atomic E-state index is 9.59. The highest BCUT2D eigenvalue weighted by Crippen LogP contribution is 2.24. The molecular weight excluding hydrogens is 288 g/mol. The first-order valence-electron chi connectivity index (χ1n) is 7.22. The van der Waals surface area contributed by atoms with Gasteiger partial charge < -0.3 is 5.11 Å². The average Bonchev–Trinajstić information content (AvgIpc) is 2.93. The molecule has 1 saturated heterocycles. The molecule has 112 valence electrons. The molecule has 6 heteroatoms. The summed E-state index contributed by atoms with van der Waals surface area (Å²) in [5.41, 5.74) is 1.06. The standard InChI is InChI=1S/C15H19ClN4O/c16-14-5-13(6-15(21)7-14)8-19-3-1-12(2-4-19)9-20-11-17-10-18-20/h5-7,10-12,21H,1-4,8-9H2. The number of benzene rings is 1. The highest BCUT2D eigenvalue weighted by Gasteiger charge is 2.20. The fourth-order valence-corrected chi connectivity index (χ4v) is 3.15. The lowest BCUT2D eigenvalue weighted by molar-refractivity contribution is 0.164. The molecule has 1 aliphatic rings. The normalized spacial score (nSPS) is 17.2. The second-order valence-corrected chi connectivity index (χ2v) is 6.09. The van der Waals surface area contributed by atoms with Crippen LogP contribution < -0.4 is 0 Å². The Labute approximate surface area is 129 Å². The molecule has 2 aromatic rings. The van der Waals surface area contributed by atoms with Crippen molar-refractivity contribution in [2.75, 3.05) is 13.1 Å². The lowest BCUT2D eigenvalue weighted by atomic mass is 9.96. The van der Waals surface area contributed by atoms with E-state index in [9.17, 15) is 5.11 Å². The molecule has 0 aliphatic carbocycles. The number of halogens is 1. The lowest BCUT2D eigenvalue weighted by Gasteiger charge is -2.31. The summed E-state index contributed by atoms with van der Waals surface area (Å²) in [5, 5.41) is 14.3. The van der Waals surface area contributed by atoms with Crippen LogP contribution in [-0.2, 0) is 13.1 Å². The summed E-state index contributed by atoms with van der Waals surface area (Å²) in [6, 6.07) is 5.27. The number of phenolic OH excluding ortho intramolecular Hbond substituents is 1. The van der Waals surface area contributed by atoms with Crippen molar-refractivity contribution in [1.82, 2.24) is 19.7 Å². The Kier molecular flexibility index (Phi) is 4.41. The van der Waals surface area contributed by atoms with Gasteiger partial charge in [0.05, 0.1) is 0 Å². The van der Waals surface area contributed by atoms with Gasteiger partial charge in [0.2, 0.25) is 0 Å². The van der Waals surface area contributed by atoms with Gasteiger partial charge in [0.1, 0.15) is 18.4 Å². The molecule has 1 N–H and O–H groups in total. The van der Waals surface area contributed by atoms with E-state index in [-0.39, 0.29) is 5.75 Å². The summed E-state index contributed by atoms with van der Waals surface area (Å²) in [6.45, 7) is 3.91. The van der Waals surface area contributed by atoms with Gasteiger partial charge in [-0.3, -0.25) is 9.58 Å². The van der Waals surface area contributed by atoms with Crippen molar-refractivity contribution < 1.29 is 5.11 Å². The van der Waals surface area contributed by atoms with Crippen LogP contribution in [0.1, 0.15) is 18.4 Å². The summed E-state index contributed by atoms with van der Waals surface area (Å²) in [4.78, 5) is 6.39. The molecule has 2 heterocycles. The molecule has 0 saturated carbocycles. The van der Waals surface area contributed by atoms with Gasteiger partial charge in [0.25, 0.3) is 0 Å². The summed E-state index contributed by atoms with van der Waals surface area (Å²) < 4.78 is 1.91. The minimum absolute atomic E-state index is 0.235. The van der Waals surface area contributed by atoms with Gasteiger partial charge in [-0.05, 0) is 55.6 Å². The van der Waals surface area contributed by atoms with Crippen molar-refractivity contribution in [3.8, 4) is 5.75 Å². The Balaban J connectivity index is 1.51. The van der Waals surface area contributed by atoms with Gasteiger partial charge >= 0.3 is 0 Å². The van der Waals surface area contributed by atoms with E-state index in [0.29, 0.717) is 10.9 Å². The molecule has 0 bridgehead atoms. The fraction of sp³-hybridized carbons (Fsp3) is 0.467. The summed E-state index contributed by atoms with van der Waals surface area (Å²) in [7, 11) is 0. The molecule has 0 radical (unpaired) electrons. The molecule has 1 aliphatic heterocycles. The smallest absolute Gasteiger partial charge is 0.137 e. The second-order valence-electron chi connectivity index (χ2n) is 5.65. The van der Waals surface area contributed by atoms with Gasteiger partial charge in [-0.25, -0.2) is 4.98 Å². The van der Waals surface area contributed by atoms with Crippen molar-refractivity contribution in [3.05, 3.63) is 41.4 Å². The van der Waals surface area contributed by atoms with Gasteiger partial charge in [-0.1, -0.05) is 11.6 Å². The van der Waals surface area contributed by atoms with Gasteiger partial charge in [-0.15, -0.1) is 0 Å². The van der Waals surface area contributed by atoms with Crippen molar-refractivity contribution >= 4 is 11.6 Å². The van der Waals surface area contributed by atoms with Crippen LogP contribution in [0.25, 0.3) is 0 Å². The summed E-state index contributed by atoms with van der Waals surface area (Å²) >= 11 is 5.98. The minimum Gasteiger partial charge on any atom is -0.508 e. The molecule has 21 heavy (non-hydrogen) atoms. The van der Waals surface area contributed by atoms with Crippen LogP contribution in [-0.4, -0.2) is 37.9 Å². The van der Waals surface area contributed by atoms with E-state index in [1.165, 1.54) is 0 Å². The maximum Gasteiger partial charge on any atom is 0.137 e. The third-order valence-electron chi connectivity index (χ3n) is 3.97. The van der Waals surface area contributed by atoms with Gasteiger partial charge in [0, 0.05) is 18.1 Å². The quantitative estimate of drug-likeness (QED) is 0.943. The Morgan fingerprint density at radius 2 is 2.05 bits per heavy atom. The average molecular weight is 307 g/mol. The third kappa shape index (κ3) is 3.95. The number of aromatic hydroxyl groups is 1. The second kappa shape index (κ2) is 6.45. The van der Waals surface area contributed by atoms with Crippen LogP contribution in [0.15, 0.2) is 30.9 Å². The Morgan fingerprint density at radius 3 is 2.71 bits per heavy atom. The molecule has 0 atom stereocenters. The van der Waals surface area contributed by atoms with Crippen molar-refractivity contribution in [3.63, 3.8) is 0 Å². The third-order valence-corrected chi connectivity index (χ3v) is 4.19. The molecule has 0 amide bonds. The molecule has 1 aromatic carbocycles. The zero-order valence-electron chi connectivity index (χ0n) is 11.8. The van der Waals surface area contributed by atoms with Gasteiger partial charge in [-0.2, -0.15) is 5.10 Å². The van der Waals surface area contributed by atoms with E-state index in [0.717, 1.165) is 44.6 Å². The zero-order valence-corrected chi connectivity index (χ0v) is 12.6. The number of aromatic nitrogens is 3. The maximum atomic E-state index is 9.59. The predicted molar refractivity (Wildman–Crippen MR) is 81.1 cm³/mol. The van der Waals surface area contributed by atoms with Crippen molar-refractivity contribution in [2.45, 2.75) is 25.9 Å². The van der Waals surface area contributed by atoms with Crippen LogP contribution in [0.4, 0.5) is 0 Å². The number of phenols is 1. The first-order valence-corrected chi connectivity index (χ1v) is 7.60. The summed E-state index contributed by atoms with van der Waals surface area (Å²) in [6.07, 6.45) is 5.68. The lowest BCUT2D eigenvalue weighted by Crippen LogP contribution is -2.34. The van der Waals surface area contributed by atoms with Crippen LogP contribution >= 0.6 is 11.6 Å². The molecule has 1 aromatic heterocycles. The number of rotatable bonds is 4. The number of likely N-dealkylation sites (tertiary alicyclic amines) is 1. The monoisotopic (exact) mass is 306 g/mol. The van der Waals surface area contributed by atoms with Crippen molar-refractivity contribution in [1.29, 1.82) is 0 Å². The zero-order chi connectivity index (χ0) is 14.7. The van der Waals surface area contributed by atoms with Crippen LogP contribution in [0.2, 0.25) is 5.02 Å². The molecule has 5 nitrogen and oxygen atoms in total. The predicted octanol–water partition coefficient (Wildman–Crippen LogP) is 2.55. The summed E-state index contributed by atoms with van der Waals surface area (Å²) in [5.74, 6) is 0.897. The Morgan fingerprint density at radius 1 is 1.24 bits per heavy atom.